The van der Waals surface area contributed by atoms with E-state index in [1.807, 2.05) is 30.3 Å². The predicted octanol–water partition coefficient (Wildman–Crippen LogP) is 4.55. The summed E-state index contributed by atoms with van der Waals surface area (Å²) in [4.78, 5) is 13.3. The summed E-state index contributed by atoms with van der Waals surface area (Å²) < 4.78 is 20.1. The Morgan fingerprint density at radius 3 is 2.59 bits per heavy atom. The minimum atomic E-state index is -0.343. The first-order chi connectivity index (χ1) is 13.2. The number of anilines is 1. The first kappa shape index (κ1) is 16.9. The zero-order chi connectivity index (χ0) is 18.8. The molecule has 5 nitrogen and oxygen atoms in total. The van der Waals surface area contributed by atoms with Crippen molar-refractivity contribution < 1.29 is 9.13 Å². The van der Waals surface area contributed by atoms with Gasteiger partial charge in [0, 0.05) is 36.0 Å². The Kier molecular flexibility index (Phi) is 4.38. The lowest BCUT2D eigenvalue weighted by Crippen LogP contribution is -2.00. The van der Waals surface area contributed by atoms with Gasteiger partial charge in [-0.3, -0.25) is 4.98 Å². The van der Waals surface area contributed by atoms with Gasteiger partial charge >= 0.3 is 0 Å². The fraction of sp³-hybridized carbons (Fsp3) is 0.0952. The third-order valence-corrected chi connectivity index (χ3v) is 4.32. The molecule has 0 atom stereocenters. The van der Waals surface area contributed by atoms with Crippen LogP contribution in [0.15, 0.2) is 60.9 Å². The van der Waals surface area contributed by atoms with Crippen LogP contribution in [0.3, 0.4) is 0 Å². The van der Waals surface area contributed by atoms with Gasteiger partial charge in [0.05, 0.1) is 12.6 Å². The summed E-state index contributed by atoms with van der Waals surface area (Å²) in [5.41, 5.74) is 2.62. The largest absolute Gasteiger partial charge is 0.497 e. The van der Waals surface area contributed by atoms with Gasteiger partial charge in [-0.1, -0.05) is 12.1 Å². The highest BCUT2D eigenvalue weighted by Crippen LogP contribution is 2.32. The van der Waals surface area contributed by atoms with Gasteiger partial charge in [-0.15, -0.1) is 0 Å². The molecule has 0 aliphatic heterocycles. The van der Waals surface area contributed by atoms with Gasteiger partial charge in [0.2, 0.25) is 0 Å². The minimum absolute atomic E-state index is 0.343. The van der Waals surface area contributed by atoms with Crippen LogP contribution >= 0.6 is 0 Å². The zero-order valence-corrected chi connectivity index (χ0v) is 14.9. The standard InChI is InChI=1S/C21H17FN4O/c1-23-21-17-10-18(22)16(13-5-3-7-15(9-13)27-2)11-19(17)25-20(26-21)14-6-4-8-24-12-14/h3-12H,1-2H3,(H,23,25,26). The average molecular weight is 360 g/mol. The minimum Gasteiger partial charge on any atom is -0.497 e. The number of nitrogens with zero attached hydrogens (tertiary/aromatic N) is 3. The van der Waals surface area contributed by atoms with E-state index in [1.165, 1.54) is 6.07 Å². The third kappa shape index (κ3) is 3.17. The number of hydrogen-bond acceptors (Lipinski definition) is 5. The van der Waals surface area contributed by atoms with Gasteiger partial charge in [-0.2, -0.15) is 0 Å². The van der Waals surface area contributed by atoms with E-state index in [1.54, 1.807) is 38.7 Å². The van der Waals surface area contributed by atoms with Crippen molar-refractivity contribution in [1.82, 2.24) is 15.0 Å². The van der Waals surface area contributed by atoms with Crippen LogP contribution in [0.4, 0.5) is 10.2 Å². The first-order valence-corrected chi connectivity index (χ1v) is 8.43. The number of hydrogen-bond donors (Lipinski definition) is 1. The molecule has 4 rings (SSSR count). The Hall–Kier alpha value is -3.54. The van der Waals surface area contributed by atoms with Crippen LogP contribution in [0.2, 0.25) is 0 Å². The normalized spacial score (nSPS) is 10.8. The molecular formula is C21H17FN4O. The number of fused-ring (bicyclic) bond motifs is 1. The second-order valence-corrected chi connectivity index (χ2v) is 5.97. The molecule has 6 heteroatoms. The average Bonchev–Trinajstić information content (AvgIpc) is 2.73. The van der Waals surface area contributed by atoms with Gasteiger partial charge in [0.15, 0.2) is 5.82 Å². The van der Waals surface area contributed by atoms with Crippen molar-refractivity contribution in [2.24, 2.45) is 0 Å². The predicted molar refractivity (Wildman–Crippen MR) is 104 cm³/mol. The number of rotatable bonds is 4. The van der Waals surface area contributed by atoms with E-state index in [0.29, 0.717) is 33.9 Å². The molecule has 4 aromatic rings. The molecule has 0 aliphatic rings. The molecule has 27 heavy (non-hydrogen) atoms. The number of aromatic nitrogens is 3. The highest BCUT2D eigenvalue weighted by atomic mass is 19.1. The van der Waals surface area contributed by atoms with Gasteiger partial charge in [0.1, 0.15) is 17.4 Å². The summed E-state index contributed by atoms with van der Waals surface area (Å²) >= 11 is 0. The van der Waals surface area contributed by atoms with E-state index in [2.05, 4.69) is 20.3 Å². The molecule has 0 saturated carbocycles. The summed E-state index contributed by atoms with van der Waals surface area (Å²) in [6.07, 6.45) is 3.40. The molecule has 0 aliphatic carbocycles. The molecule has 0 saturated heterocycles. The maximum atomic E-state index is 14.8. The molecule has 2 heterocycles. The molecular weight excluding hydrogens is 343 g/mol. The first-order valence-electron chi connectivity index (χ1n) is 8.43. The van der Waals surface area contributed by atoms with Crippen molar-refractivity contribution >= 4 is 16.7 Å². The Balaban J connectivity index is 1.94. The number of methoxy groups -OCH3 is 1. The van der Waals surface area contributed by atoms with Crippen molar-refractivity contribution in [1.29, 1.82) is 0 Å². The van der Waals surface area contributed by atoms with Crippen molar-refractivity contribution in [3.63, 3.8) is 0 Å². The lowest BCUT2D eigenvalue weighted by atomic mass is 10.0. The summed E-state index contributed by atoms with van der Waals surface area (Å²) in [5.74, 6) is 1.42. The van der Waals surface area contributed by atoms with Gasteiger partial charge in [0.25, 0.3) is 0 Å². The molecule has 0 spiro atoms. The highest BCUT2D eigenvalue weighted by molar-refractivity contribution is 5.93. The topological polar surface area (TPSA) is 59.9 Å². The van der Waals surface area contributed by atoms with Crippen LogP contribution in [0.5, 0.6) is 5.75 Å². The maximum Gasteiger partial charge on any atom is 0.163 e. The number of nitrogens with one attached hydrogen (secondary N) is 1. The lowest BCUT2D eigenvalue weighted by molar-refractivity contribution is 0.415. The molecule has 134 valence electrons. The van der Waals surface area contributed by atoms with Crippen LogP contribution in [0.1, 0.15) is 0 Å². The van der Waals surface area contributed by atoms with Crippen LogP contribution in [-0.4, -0.2) is 29.1 Å². The maximum absolute atomic E-state index is 14.8. The Morgan fingerprint density at radius 2 is 1.85 bits per heavy atom. The molecule has 0 radical (unpaired) electrons. The summed E-state index contributed by atoms with van der Waals surface area (Å²) in [6.45, 7) is 0. The Bertz CT molecular complexity index is 1120. The molecule has 0 bridgehead atoms. The van der Waals surface area contributed by atoms with Crippen molar-refractivity contribution in [2.75, 3.05) is 19.5 Å². The number of benzene rings is 2. The Labute approximate surface area is 155 Å². The van der Waals surface area contributed by atoms with Gasteiger partial charge < -0.3 is 10.1 Å². The van der Waals surface area contributed by atoms with E-state index in [9.17, 15) is 4.39 Å². The summed E-state index contributed by atoms with van der Waals surface area (Å²) in [6, 6.07) is 14.2. The fourth-order valence-corrected chi connectivity index (χ4v) is 2.98. The van der Waals surface area contributed by atoms with Crippen molar-refractivity contribution in [2.45, 2.75) is 0 Å². The van der Waals surface area contributed by atoms with Crippen LogP contribution in [-0.2, 0) is 0 Å². The summed E-state index contributed by atoms with van der Waals surface area (Å²) in [5, 5.41) is 3.65. The third-order valence-electron chi connectivity index (χ3n) is 4.32. The number of ether oxygens (including phenoxy) is 1. The SMILES string of the molecule is CNc1nc(-c2cccnc2)nc2cc(-c3cccc(OC)c3)c(F)cc12. The van der Waals surface area contributed by atoms with Gasteiger partial charge in [-0.25, -0.2) is 14.4 Å². The second kappa shape index (κ2) is 6.99. The second-order valence-electron chi connectivity index (χ2n) is 5.97. The Morgan fingerprint density at radius 1 is 1.00 bits per heavy atom. The quantitative estimate of drug-likeness (QED) is 0.579. The molecule has 0 amide bonds. The molecule has 1 N–H and O–H groups in total. The van der Waals surface area contributed by atoms with Crippen LogP contribution in [0.25, 0.3) is 33.4 Å². The van der Waals surface area contributed by atoms with E-state index >= 15 is 0 Å². The molecule has 2 aromatic carbocycles. The lowest BCUT2D eigenvalue weighted by Gasteiger charge is -2.11. The zero-order valence-electron chi connectivity index (χ0n) is 14.9. The summed E-state index contributed by atoms with van der Waals surface area (Å²) in [7, 11) is 3.34. The molecule has 2 aromatic heterocycles. The molecule has 0 unspecified atom stereocenters. The highest BCUT2D eigenvalue weighted by Gasteiger charge is 2.14. The van der Waals surface area contributed by atoms with Gasteiger partial charge in [-0.05, 0) is 42.0 Å². The fourth-order valence-electron chi connectivity index (χ4n) is 2.98. The number of halogens is 1. The van der Waals surface area contributed by atoms with Crippen molar-refractivity contribution in [3.05, 3.63) is 66.7 Å². The van der Waals surface area contributed by atoms with Crippen LogP contribution < -0.4 is 10.1 Å². The van der Waals surface area contributed by atoms with Crippen molar-refractivity contribution in [3.8, 4) is 28.3 Å². The van der Waals surface area contributed by atoms with E-state index in [-0.39, 0.29) is 5.82 Å². The van der Waals surface area contributed by atoms with Crippen LogP contribution in [0, 0.1) is 5.82 Å². The van der Waals surface area contributed by atoms with E-state index < -0.39 is 0 Å². The molecule has 0 fully saturated rings. The monoisotopic (exact) mass is 360 g/mol. The van der Waals surface area contributed by atoms with E-state index in [0.717, 1.165) is 11.1 Å². The smallest absolute Gasteiger partial charge is 0.163 e. The van der Waals surface area contributed by atoms with E-state index in [4.69, 9.17) is 4.74 Å². The number of pyridine rings is 1.